The normalized spacial score (nSPS) is 14.9. The Balaban J connectivity index is 0.000000605. The van der Waals surface area contributed by atoms with Crippen LogP contribution in [-0.4, -0.2) is 0 Å². The minimum Gasteiger partial charge on any atom is -0.114 e. The summed E-state index contributed by atoms with van der Waals surface area (Å²) in [6, 6.07) is 8.80. The predicted octanol–water partition coefficient (Wildman–Crippen LogP) is 3.14. The summed E-state index contributed by atoms with van der Waals surface area (Å²) >= 11 is 0. The summed E-state index contributed by atoms with van der Waals surface area (Å²) in [6.45, 7) is 0. The number of halogens is 1. The highest BCUT2D eigenvalue weighted by molar-refractivity contribution is 8.93. The van der Waals surface area contributed by atoms with E-state index in [1.165, 1.54) is 25.7 Å². The Hall–Kier alpha value is -0.300. The topological polar surface area (TPSA) is 0 Å². The fraction of sp³-hybridized carbons (Fsp3) is 0.400. The second kappa shape index (κ2) is 3.91. The van der Waals surface area contributed by atoms with Gasteiger partial charge in [-0.3, -0.25) is 0 Å². The molecule has 2 rings (SSSR count). The van der Waals surface area contributed by atoms with Crippen molar-refractivity contribution >= 4 is 17.0 Å². The molecule has 0 atom stereocenters. The number of fused-ring (bicyclic) bond motifs is 1. The summed E-state index contributed by atoms with van der Waals surface area (Å²) < 4.78 is 0. The Morgan fingerprint density at radius 3 is 1.73 bits per heavy atom. The molecule has 0 N–H and O–H groups in total. The minimum absolute atomic E-state index is 0. The van der Waals surface area contributed by atoms with Gasteiger partial charge < -0.3 is 0 Å². The zero-order valence-corrected chi connectivity index (χ0v) is 8.26. The summed E-state index contributed by atoms with van der Waals surface area (Å²) in [6.07, 6.45) is 5.38. The van der Waals surface area contributed by atoms with Crippen molar-refractivity contribution in [2.24, 2.45) is 0 Å². The van der Waals surface area contributed by atoms with E-state index in [9.17, 15) is 0 Å². The maximum atomic E-state index is 2.26. The monoisotopic (exact) mass is 212 g/mol. The summed E-state index contributed by atoms with van der Waals surface area (Å²) in [5.74, 6) is 0. The molecule has 0 spiro atoms. The van der Waals surface area contributed by atoms with E-state index in [-0.39, 0.29) is 17.0 Å². The molecule has 1 heteroatoms. The molecule has 0 saturated carbocycles. The minimum atomic E-state index is 0. The lowest BCUT2D eigenvalue weighted by Gasteiger charge is -2.13. The molecule has 0 bridgehead atoms. The lowest BCUT2D eigenvalue weighted by atomic mass is 9.92. The molecule has 0 unspecified atom stereocenters. The molecule has 60 valence electrons. The van der Waals surface area contributed by atoms with E-state index in [2.05, 4.69) is 24.3 Å². The van der Waals surface area contributed by atoms with Crippen molar-refractivity contribution in [3.05, 3.63) is 35.4 Å². The number of rotatable bonds is 0. The maximum Gasteiger partial charge on any atom is -0.0276 e. The average molecular weight is 213 g/mol. The van der Waals surface area contributed by atoms with Gasteiger partial charge in [0.15, 0.2) is 0 Å². The van der Waals surface area contributed by atoms with Crippen molar-refractivity contribution in [1.82, 2.24) is 0 Å². The van der Waals surface area contributed by atoms with Crippen LogP contribution in [0.2, 0.25) is 0 Å². The van der Waals surface area contributed by atoms with Gasteiger partial charge in [-0.15, -0.1) is 17.0 Å². The van der Waals surface area contributed by atoms with E-state index < -0.39 is 0 Å². The predicted molar refractivity (Wildman–Crippen MR) is 53.4 cm³/mol. The largest absolute Gasteiger partial charge is 0.114 e. The molecule has 0 aliphatic heterocycles. The maximum absolute atomic E-state index is 2.26. The van der Waals surface area contributed by atoms with E-state index in [1.807, 2.05) is 0 Å². The van der Waals surface area contributed by atoms with E-state index in [4.69, 9.17) is 0 Å². The van der Waals surface area contributed by atoms with Crippen molar-refractivity contribution in [2.45, 2.75) is 25.7 Å². The lowest BCUT2D eigenvalue weighted by Crippen LogP contribution is -2.00. The number of hydrogen-bond donors (Lipinski definition) is 0. The zero-order valence-electron chi connectivity index (χ0n) is 6.55. The van der Waals surface area contributed by atoms with E-state index in [0.29, 0.717) is 0 Å². The van der Waals surface area contributed by atoms with Crippen LogP contribution < -0.4 is 0 Å². The van der Waals surface area contributed by atoms with Crippen LogP contribution in [-0.2, 0) is 12.8 Å². The molecule has 0 radical (unpaired) electrons. The molecule has 0 nitrogen and oxygen atoms in total. The van der Waals surface area contributed by atoms with Gasteiger partial charge in [-0.25, -0.2) is 0 Å². The first-order chi connectivity index (χ1) is 4.97. The van der Waals surface area contributed by atoms with Crippen LogP contribution >= 0.6 is 17.0 Å². The third-order valence-corrected chi connectivity index (χ3v) is 2.26. The molecule has 0 fully saturated rings. The molecule has 0 aromatic heterocycles. The quantitative estimate of drug-likeness (QED) is 0.621. The molecular weight excluding hydrogens is 200 g/mol. The lowest BCUT2D eigenvalue weighted by molar-refractivity contribution is 0.685. The standard InChI is InChI=1S/C10H12.BrH/c1-2-6-10-8-4-3-7-9(10)5-1;/h1-2,5-6H,3-4,7-8H2;1H. The highest BCUT2D eigenvalue weighted by Gasteiger charge is 2.05. The number of hydrogen-bond acceptors (Lipinski definition) is 0. The molecule has 0 saturated heterocycles. The van der Waals surface area contributed by atoms with E-state index in [1.54, 1.807) is 11.1 Å². The van der Waals surface area contributed by atoms with Gasteiger partial charge in [0.1, 0.15) is 0 Å². The molecule has 1 aromatic carbocycles. The van der Waals surface area contributed by atoms with Crippen LogP contribution in [0.1, 0.15) is 24.0 Å². The van der Waals surface area contributed by atoms with Gasteiger partial charge in [0.05, 0.1) is 0 Å². The van der Waals surface area contributed by atoms with Crippen LogP contribution in [0.3, 0.4) is 0 Å². The van der Waals surface area contributed by atoms with Gasteiger partial charge in [0, 0.05) is 0 Å². The van der Waals surface area contributed by atoms with Crippen molar-refractivity contribution in [1.29, 1.82) is 0 Å². The summed E-state index contributed by atoms with van der Waals surface area (Å²) in [7, 11) is 0. The smallest absolute Gasteiger partial charge is 0.0276 e. The van der Waals surface area contributed by atoms with E-state index in [0.717, 1.165) is 0 Å². The van der Waals surface area contributed by atoms with Crippen molar-refractivity contribution in [3.63, 3.8) is 0 Å². The summed E-state index contributed by atoms with van der Waals surface area (Å²) in [5.41, 5.74) is 3.16. The van der Waals surface area contributed by atoms with Gasteiger partial charge in [0.25, 0.3) is 0 Å². The SMILES string of the molecule is Br.c1ccc2c(c1)CCCC2. The second-order valence-electron chi connectivity index (χ2n) is 2.98. The van der Waals surface area contributed by atoms with Gasteiger partial charge in [-0.2, -0.15) is 0 Å². The van der Waals surface area contributed by atoms with Crippen LogP contribution in [0.15, 0.2) is 24.3 Å². The first kappa shape index (κ1) is 8.79. The average Bonchev–Trinajstić information content (AvgIpc) is 2.05. The zero-order chi connectivity index (χ0) is 6.81. The summed E-state index contributed by atoms with van der Waals surface area (Å²) in [4.78, 5) is 0. The van der Waals surface area contributed by atoms with Crippen LogP contribution in [0.5, 0.6) is 0 Å². The second-order valence-corrected chi connectivity index (χ2v) is 2.98. The Morgan fingerprint density at radius 1 is 0.818 bits per heavy atom. The van der Waals surface area contributed by atoms with Crippen molar-refractivity contribution in [3.8, 4) is 0 Å². The first-order valence-electron chi connectivity index (χ1n) is 4.03. The van der Waals surface area contributed by atoms with Gasteiger partial charge in [-0.05, 0) is 36.8 Å². The van der Waals surface area contributed by atoms with Crippen LogP contribution in [0, 0.1) is 0 Å². The Labute approximate surface area is 78.4 Å². The molecule has 11 heavy (non-hydrogen) atoms. The van der Waals surface area contributed by atoms with Crippen molar-refractivity contribution in [2.75, 3.05) is 0 Å². The highest BCUT2D eigenvalue weighted by Crippen LogP contribution is 2.19. The molecule has 0 heterocycles. The molecule has 1 aliphatic rings. The third-order valence-electron chi connectivity index (χ3n) is 2.26. The van der Waals surface area contributed by atoms with Crippen molar-refractivity contribution < 1.29 is 0 Å². The number of benzene rings is 1. The summed E-state index contributed by atoms with van der Waals surface area (Å²) in [5, 5.41) is 0. The fourth-order valence-electron chi connectivity index (χ4n) is 1.68. The first-order valence-corrected chi connectivity index (χ1v) is 4.03. The highest BCUT2D eigenvalue weighted by atomic mass is 79.9. The molecule has 0 amide bonds. The Bertz CT molecular complexity index is 205. The third kappa shape index (κ3) is 1.84. The Morgan fingerprint density at radius 2 is 1.27 bits per heavy atom. The van der Waals surface area contributed by atoms with Gasteiger partial charge >= 0.3 is 0 Å². The fourth-order valence-corrected chi connectivity index (χ4v) is 1.68. The molecule has 1 aliphatic carbocycles. The van der Waals surface area contributed by atoms with E-state index >= 15 is 0 Å². The molecule has 1 aromatic rings. The van der Waals surface area contributed by atoms with Crippen LogP contribution in [0.25, 0.3) is 0 Å². The Kier molecular flexibility index (Phi) is 3.13. The van der Waals surface area contributed by atoms with Crippen LogP contribution in [0.4, 0.5) is 0 Å². The molecular formula is C10H13Br. The van der Waals surface area contributed by atoms with Gasteiger partial charge in [0.2, 0.25) is 0 Å². The van der Waals surface area contributed by atoms with Gasteiger partial charge in [-0.1, -0.05) is 24.3 Å². The number of aryl methyl sites for hydroxylation is 2.